The summed E-state index contributed by atoms with van der Waals surface area (Å²) in [6.45, 7) is 6.46. The fourth-order valence-corrected chi connectivity index (χ4v) is 1.91. The molecule has 0 atom stereocenters. The van der Waals surface area contributed by atoms with Crippen LogP contribution in [0.4, 0.5) is 10.6 Å². The van der Waals surface area contributed by atoms with Gasteiger partial charge in [-0.25, -0.2) is 19.4 Å². The van der Waals surface area contributed by atoms with Crippen LogP contribution in [0.25, 0.3) is 11.4 Å². The predicted octanol–water partition coefficient (Wildman–Crippen LogP) is 3.17. The van der Waals surface area contributed by atoms with Gasteiger partial charge in [-0.2, -0.15) is 5.10 Å². The highest BCUT2D eigenvalue weighted by atomic mass is 16.2. The molecule has 2 aromatic heterocycles. The van der Waals surface area contributed by atoms with Crippen molar-refractivity contribution in [3.05, 3.63) is 48.6 Å². The van der Waals surface area contributed by atoms with E-state index in [-0.39, 0.29) is 6.03 Å². The molecule has 2 aromatic rings. The fraction of sp³-hybridized carbons (Fsp3) is 0.294. The molecule has 2 N–H and O–H groups in total. The molecule has 7 heteroatoms. The molecule has 0 saturated heterocycles. The van der Waals surface area contributed by atoms with Crippen LogP contribution in [0.2, 0.25) is 0 Å². The van der Waals surface area contributed by atoms with E-state index in [0.29, 0.717) is 24.0 Å². The predicted molar refractivity (Wildman–Crippen MR) is 94.9 cm³/mol. The molecule has 7 nitrogen and oxygen atoms in total. The van der Waals surface area contributed by atoms with Gasteiger partial charge < -0.3 is 5.32 Å². The third-order valence-corrected chi connectivity index (χ3v) is 3.12. The van der Waals surface area contributed by atoms with Crippen molar-refractivity contribution in [2.45, 2.75) is 27.2 Å². The van der Waals surface area contributed by atoms with Crippen LogP contribution in [0, 0.1) is 0 Å². The molecule has 0 bridgehead atoms. The lowest BCUT2D eigenvalue weighted by Crippen LogP contribution is -2.29. The fourth-order valence-electron chi connectivity index (χ4n) is 1.91. The molecule has 24 heavy (non-hydrogen) atoms. The average Bonchev–Trinajstić information content (AvgIpc) is 3.12. The third kappa shape index (κ3) is 4.77. The van der Waals surface area contributed by atoms with Gasteiger partial charge in [0.1, 0.15) is 5.82 Å². The molecule has 0 aromatic carbocycles. The minimum Gasteiger partial charge on any atom is -0.338 e. The van der Waals surface area contributed by atoms with Gasteiger partial charge in [0.05, 0.1) is 0 Å². The number of allylic oxidation sites excluding steroid dienone is 4. The first-order valence-corrected chi connectivity index (χ1v) is 7.88. The van der Waals surface area contributed by atoms with Crippen LogP contribution in [0.3, 0.4) is 0 Å². The molecule has 0 spiro atoms. The van der Waals surface area contributed by atoms with Gasteiger partial charge >= 0.3 is 6.03 Å². The molecule has 0 saturated carbocycles. The number of carbonyl (C=O) groups is 1. The zero-order chi connectivity index (χ0) is 17.4. The van der Waals surface area contributed by atoms with E-state index in [0.717, 1.165) is 12.0 Å². The number of nitrogens with zero attached hydrogens (tertiary/aromatic N) is 4. The van der Waals surface area contributed by atoms with Gasteiger partial charge in [-0.3, -0.25) is 5.32 Å². The highest BCUT2D eigenvalue weighted by Gasteiger charge is 2.10. The number of hydrogen-bond donors (Lipinski definition) is 2. The quantitative estimate of drug-likeness (QED) is 0.799. The molecule has 0 aliphatic rings. The summed E-state index contributed by atoms with van der Waals surface area (Å²) in [6, 6.07) is 3.21. The largest absolute Gasteiger partial charge is 0.338 e. The van der Waals surface area contributed by atoms with Gasteiger partial charge in [-0.15, -0.1) is 0 Å². The average molecular weight is 326 g/mol. The Balaban J connectivity index is 2.35. The van der Waals surface area contributed by atoms with E-state index in [1.165, 1.54) is 0 Å². The van der Waals surface area contributed by atoms with Crippen molar-refractivity contribution in [1.29, 1.82) is 0 Å². The maximum atomic E-state index is 11.9. The summed E-state index contributed by atoms with van der Waals surface area (Å²) in [5, 5.41) is 9.69. The van der Waals surface area contributed by atoms with Crippen LogP contribution in [0.15, 0.2) is 42.8 Å². The summed E-state index contributed by atoms with van der Waals surface area (Å²) < 4.78 is 1.63. The lowest BCUT2D eigenvalue weighted by Gasteiger charge is -2.10. The maximum absolute atomic E-state index is 11.9. The SMILES string of the molecule is C/C=C\C=C(/C)c1nc(NC(=O)NCCC)cc(-n2cccn2)n1. The van der Waals surface area contributed by atoms with Gasteiger partial charge in [-0.05, 0) is 31.9 Å². The van der Waals surface area contributed by atoms with E-state index < -0.39 is 0 Å². The van der Waals surface area contributed by atoms with Gasteiger partial charge in [0.15, 0.2) is 11.6 Å². The molecule has 2 amide bonds. The normalized spacial score (nSPS) is 11.7. The van der Waals surface area contributed by atoms with Crippen molar-refractivity contribution >= 4 is 17.4 Å². The zero-order valence-corrected chi connectivity index (χ0v) is 14.2. The Kier molecular flexibility index (Phi) is 6.24. The Morgan fingerprint density at radius 2 is 2.21 bits per heavy atom. The van der Waals surface area contributed by atoms with E-state index in [1.54, 1.807) is 23.1 Å². The lowest BCUT2D eigenvalue weighted by atomic mass is 10.2. The van der Waals surface area contributed by atoms with Crippen LogP contribution in [0.1, 0.15) is 33.0 Å². The van der Waals surface area contributed by atoms with Crippen LogP contribution < -0.4 is 10.6 Å². The maximum Gasteiger partial charge on any atom is 0.320 e. The second-order valence-electron chi connectivity index (χ2n) is 5.14. The summed E-state index contributed by atoms with van der Waals surface area (Å²) in [4.78, 5) is 20.8. The Morgan fingerprint density at radius 1 is 1.38 bits per heavy atom. The first-order chi connectivity index (χ1) is 11.6. The number of urea groups is 1. The van der Waals surface area contributed by atoms with Gasteiger partial charge in [0, 0.05) is 25.0 Å². The molecular formula is C17H22N6O. The number of aromatic nitrogens is 4. The van der Waals surface area contributed by atoms with Gasteiger partial charge in [0.25, 0.3) is 0 Å². The summed E-state index contributed by atoms with van der Waals surface area (Å²) in [7, 11) is 0. The van der Waals surface area contributed by atoms with Gasteiger partial charge in [0.2, 0.25) is 0 Å². The number of nitrogens with one attached hydrogen (secondary N) is 2. The van der Waals surface area contributed by atoms with Crippen molar-refractivity contribution in [2.24, 2.45) is 0 Å². The molecule has 2 rings (SSSR count). The number of amides is 2. The monoisotopic (exact) mass is 326 g/mol. The zero-order valence-electron chi connectivity index (χ0n) is 14.2. The Morgan fingerprint density at radius 3 is 2.88 bits per heavy atom. The van der Waals surface area contributed by atoms with E-state index in [2.05, 4.69) is 25.7 Å². The van der Waals surface area contributed by atoms with Crippen molar-refractivity contribution in [3.8, 4) is 5.82 Å². The van der Waals surface area contributed by atoms with Crippen molar-refractivity contribution in [3.63, 3.8) is 0 Å². The van der Waals surface area contributed by atoms with Crippen molar-refractivity contribution in [1.82, 2.24) is 25.1 Å². The molecule has 126 valence electrons. The minimum atomic E-state index is -0.289. The second-order valence-corrected chi connectivity index (χ2v) is 5.14. The van der Waals surface area contributed by atoms with Gasteiger partial charge in [-0.1, -0.05) is 25.2 Å². The molecule has 0 radical (unpaired) electrons. The van der Waals surface area contributed by atoms with Crippen molar-refractivity contribution < 1.29 is 4.79 Å². The molecule has 0 fully saturated rings. The third-order valence-electron chi connectivity index (χ3n) is 3.12. The van der Waals surface area contributed by atoms with Crippen LogP contribution in [-0.4, -0.2) is 32.3 Å². The summed E-state index contributed by atoms with van der Waals surface area (Å²) >= 11 is 0. The topological polar surface area (TPSA) is 84.7 Å². The van der Waals surface area contributed by atoms with Crippen molar-refractivity contribution in [2.75, 3.05) is 11.9 Å². The standard InChI is InChI=1S/C17H22N6O/c1-4-6-8-13(3)16-20-14(21-17(24)18-9-5-2)12-15(22-16)23-11-7-10-19-23/h4,6-8,10-12H,5,9H2,1-3H3,(H2,18,20,21,22,24)/b6-4-,13-8+. The summed E-state index contributed by atoms with van der Waals surface area (Å²) in [5.41, 5.74) is 0.888. The van der Waals surface area contributed by atoms with Crippen LogP contribution in [0.5, 0.6) is 0 Å². The smallest absolute Gasteiger partial charge is 0.320 e. The first-order valence-electron chi connectivity index (χ1n) is 7.88. The number of carbonyl (C=O) groups excluding carboxylic acids is 1. The molecule has 0 aliphatic carbocycles. The van der Waals surface area contributed by atoms with E-state index in [9.17, 15) is 4.79 Å². The summed E-state index contributed by atoms with van der Waals surface area (Å²) in [5.74, 6) is 1.54. The number of rotatable bonds is 6. The first kappa shape index (κ1) is 17.4. The van der Waals surface area contributed by atoms with E-state index in [1.807, 2.05) is 45.1 Å². The molecule has 0 aliphatic heterocycles. The highest BCUT2D eigenvalue weighted by Crippen LogP contribution is 2.16. The molecular weight excluding hydrogens is 304 g/mol. The highest BCUT2D eigenvalue weighted by molar-refractivity contribution is 5.88. The number of anilines is 1. The Hall–Kier alpha value is -2.96. The molecule has 2 heterocycles. The van der Waals surface area contributed by atoms with E-state index >= 15 is 0 Å². The second kappa shape index (κ2) is 8.61. The number of hydrogen-bond acceptors (Lipinski definition) is 4. The van der Waals surface area contributed by atoms with Crippen LogP contribution in [-0.2, 0) is 0 Å². The summed E-state index contributed by atoms with van der Waals surface area (Å²) in [6.07, 6.45) is 10.1. The Bertz CT molecular complexity index is 734. The lowest BCUT2D eigenvalue weighted by molar-refractivity contribution is 0.252. The van der Waals surface area contributed by atoms with E-state index in [4.69, 9.17) is 0 Å². The molecule has 0 unspecified atom stereocenters. The minimum absolute atomic E-state index is 0.289. The van der Waals surface area contributed by atoms with Crippen LogP contribution >= 0.6 is 0 Å². The Labute approximate surface area is 141 Å².